The second-order valence-corrected chi connectivity index (χ2v) is 11.1. The van der Waals surface area contributed by atoms with E-state index in [-0.39, 0.29) is 16.7 Å². The molecule has 1 saturated heterocycles. The second-order valence-electron chi connectivity index (χ2n) is 8.22. The Kier molecular flexibility index (Phi) is 9.43. The molecule has 11 nitrogen and oxygen atoms in total. The minimum Gasteiger partial charge on any atom is -0.463 e. The molecule has 3 aromatic rings. The van der Waals surface area contributed by atoms with Crippen LogP contribution < -0.4 is 0 Å². The molecule has 16 heteroatoms. The minimum absolute atomic E-state index is 0.222. The molecule has 0 radical (unpaired) electrons. The lowest BCUT2D eigenvalue weighted by Gasteiger charge is -2.44. The smallest absolute Gasteiger partial charge is 0.303 e. The Bertz CT molecular complexity index is 1340. The van der Waals surface area contributed by atoms with Crippen molar-refractivity contribution >= 4 is 64.2 Å². The zero-order chi connectivity index (χ0) is 28.3. The van der Waals surface area contributed by atoms with Crippen molar-refractivity contribution in [3.05, 3.63) is 45.8 Å². The number of hydrogen-bond acceptors (Lipinski definition) is 12. The number of esters is 3. The molecule has 0 amide bonds. The lowest BCUT2D eigenvalue weighted by Crippen LogP contribution is -2.57. The number of thioether (sulfide) groups is 1. The van der Waals surface area contributed by atoms with Gasteiger partial charge in [-0.25, -0.2) is 14.1 Å². The molecule has 0 bridgehead atoms. The zero-order valence-corrected chi connectivity index (χ0v) is 23.7. The number of aromatic nitrogens is 4. The van der Waals surface area contributed by atoms with Crippen LogP contribution in [-0.2, 0) is 33.3 Å². The molecule has 1 aromatic carbocycles. The number of hydrogen-bond donors (Lipinski definition) is 0. The third kappa shape index (κ3) is 7.06. The van der Waals surface area contributed by atoms with Crippen LogP contribution in [0.5, 0.6) is 0 Å². The number of thiazole rings is 1. The molecule has 39 heavy (non-hydrogen) atoms. The number of carbonyl (C=O) groups is 3. The van der Waals surface area contributed by atoms with E-state index < -0.39 is 53.5 Å². The van der Waals surface area contributed by atoms with Crippen molar-refractivity contribution in [3.8, 4) is 10.7 Å². The fourth-order valence-electron chi connectivity index (χ4n) is 3.88. The number of ether oxygens (including phenoxy) is 4. The van der Waals surface area contributed by atoms with Crippen molar-refractivity contribution in [2.24, 2.45) is 0 Å². The van der Waals surface area contributed by atoms with Gasteiger partial charge in [0.15, 0.2) is 18.0 Å². The molecular weight excluding hydrogens is 598 g/mol. The molecule has 4 rings (SSSR count). The molecule has 1 aliphatic heterocycles. The Morgan fingerprint density at radius 1 is 1.10 bits per heavy atom. The first-order valence-electron chi connectivity index (χ1n) is 11.3. The Balaban J connectivity index is 1.80. The molecule has 208 valence electrons. The van der Waals surface area contributed by atoms with Gasteiger partial charge >= 0.3 is 17.9 Å². The van der Waals surface area contributed by atoms with Crippen LogP contribution in [0.25, 0.3) is 10.7 Å². The fourth-order valence-corrected chi connectivity index (χ4v) is 6.28. The van der Waals surface area contributed by atoms with E-state index >= 15 is 0 Å². The van der Waals surface area contributed by atoms with Gasteiger partial charge in [0.05, 0.1) is 16.2 Å². The van der Waals surface area contributed by atoms with Crippen LogP contribution >= 0.6 is 46.3 Å². The van der Waals surface area contributed by atoms with E-state index in [0.29, 0.717) is 15.6 Å². The summed E-state index contributed by atoms with van der Waals surface area (Å²) in [5.41, 5.74) is -0.575. The van der Waals surface area contributed by atoms with Crippen molar-refractivity contribution in [3.63, 3.8) is 0 Å². The average molecular weight is 619 g/mol. The van der Waals surface area contributed by atoms with E-state index in [1.165, 1.54) is 48.9 Å². The van der Waals surface area contributed by atoms with E-state index in [1.807, 2.05) is 0 Å². The molecular formula is C23H21Cl2FN4O7S2. The summed E-state index contributed by atoms with van der Waals surface area (Å²) in [6.45, 7) is 3.33. The number of benzene rings is 1. The van der Waals surface area contributed by atoms with Gasteiger partial charge in [-0.1, -0.05) is 40.2 Å². The van der Waals surface area contributed by atoms with Gasteiger partial charge in [-0.05, 0) is 12.1 Å². The first kappa shape index (κ1) is 29.2. The van der Waals surface area contributed by atoms with E-state index in [9.17, 15) is 18.8 Å². The molecule has 0 spiro atoms. The third-order valence-corrected chi connectivity index (χ3v) is 7.81. The number of nitrogens with zero attached hydrogens (tertiary/aromatic N) is 4. The van der Waals surface area contributed by atoms with E-state index in [2.05, 4.69) is 15.3 Å². The number of halogens is 3. The lowest BCUT2D eigenvalue weighted by molar-refractivity contribution is -0.212. The zero-order valence-electron chi connectivity index (χ0n) is 20.6. The Morgan fingerprint density at radius 2 is 1.77 bits per heavy atom. The van der Waals surface area contributed by atoms with Gasteiger partial charge < -0.3 is 18.9 Å². The van der Waals surface area contributed by atoms with Gasteiger partial charge in [-0.2, -0.15) is 0 Å². The SMILES string of the molecule is CC(=O)OCC1O[C@H](Sc2cc(Cl)c(F)c(Cl)c2)C(OC(C)=O)C(n2cc(-c3nccs3)nn2)[C@H]1OC(C)=O. The van der Waals surface area contributed by atoms with Crippen molar-refractivity contribution in [2.75, 3.05) is 6.61 Å². The molecule has 0 aliphatic carbocycles. The van der Waals surface area contributed by atoms with E-state index in [0.717, 1.165) is 11.8 Å². The Morgan fingerprint density at radius 3 is 2.36 bits per heavy atom. The molecule has 5 atom stereocenters. The summed E-state index contributed by atoms with van der Waals surface area (Å²) in [7, 11) is 0. The normalized spacial score (nSPS) is 22.8. The van der Waals surface area contributed by atoms with Crippen LogP contribution in [0.4, 0.5) is 4.39 Å². The maximum Gasteiger partial charge on any atom is 0.303 e. The number of carbonyl (C=O) groups excluding carboxylic acids is 3. The van der Waals surface area contributed by atoms with Gasteiger partial charge in [-0.3, -0.25) is 14.4 Å². The maximum atomic E-state index is 14.1. The average Bonchev–Trinajstić information content (AvgIpc) is 3.55. The molecule has 3 heterocycles. The van der Waals surface area contributed by atoms with Gasteiger partial charge in [0.2, 0.25) is 0 Å². The van der Waals surface area contributed by atoms with Gasteiger partial charge in [0, 0.05) is 37.2 Å². The van der Waals surface area contributed by atoms with Crippen LogP contribution in [0, 0.1) is 5.82 Å². The van der Waals surface area contributed by atoms with E-state index in [4.69, 9.17) is 42.1 Å². The predicted octanol–water partition coefficient (Wildman–Crippen LogP) is 4.33. The van der Waals surface area contributed by atoms with Crippen molar-refractivity contribution < 1.29 is 37.7 Å². The summed E-state index contributed by atoms with van der Waals surface area (Å²) in [4.78, 5) is 40.7. The van der Waals surface area contributed by atoms with E-state index in [1.54, 1.807) is 17.8 Å². The maximum absolute atomic E-state index is 14.1. The topological polar surface area (TPSA) is 132 Å². The standard InChI is InChI=1S/C23H21Cl2FN4O7S2/c1-10(31)34-9-17-20(35-11(2)32)19(30-8-16(28-29-30)22-27-4-5-38-22)21(36-12(3)33)23(37-17)39-13-6-14(24)18(26)15(25)7-13/h4-8,17,19-21,23H,9H2,1-3H3/t17?,19?,20-,21?,23+/m0/s1. The summed E-state index contributed by atoms with van der Waals surface area (Å²) < 4.78 is 38.1. The third-order valence-electron chi connectivity index (χ3n) is 5.35. The first-order chi connectivity index (χ1) is 18.5. The molecule has 0 saturated carbocycles. The summed E-state index contributed by atoms with van der Waals surface area (Å²) >= 11 is 14.3. The first-order valence-corrected chi connectivity index (χ1v) is 13.8. The van der Waals surface area contributed by atoms with Crippen LogP contribution in [0.3, 0.4) is 0 Å². The van der Waals surface area contributed by atoms with Crippen molar-refractivity contribution in [1.82, 2.24) is 20.0 Å². The summed E-state index contributed by atoms with van der Waals surface area (Å²) in [5, 5.41) is 10.3. The molecule has 1 aliphatic rings. The summed E-state index contributed by atoms with van der Waals surface area (Å²) in [5.74, 6) is -2.70. The molecule has 1 fully saturated rings. The highest BCUT2D eigenvalue weighted by Gasteiger charge is 2.52. The summed E-state index contributed by atoms with van der Waals surface area (Å²) in [6, 6.07) is 1.69. The molecule has 3 unspecified atom stereocenters. The van der Waals surface area contributed by atoms with Crippen LogP contribution in [-0.4, -0.2) is 68.2 Å². The summed E-state index contributed by atoms with van der Waals surface area (Å²) in [6.07, 6.45) is -0.102. The van der Waals surface area contributed by atoms with Gasteiger partial charge in [0.1, 0.15) is 34.9 Å². The van der Waals surface area contributed by atoms with Crippen LogP contribution in [0.15, 0.2) is 34.8 Å². The van der Waals surface area contributed by atoms with Crippen LogP contribution in [0.1, 0.15) is 26.8 Å². The monoisotopic (exact) mass is 618 g/mol. The quantitative estimate of drug-likeness (QED) is 0.203. The second kappa shape index (κ2) is 12.6. The fraction of sp³-hybridized carbons (Fsp3) is 0.391. The highest BCUT2D eigenvalue weighted by atomic mass is 35.5. The lowest BCUT2D eigenvalue weighted by atomic mass is 9.96. The molecule has 0 N–H and O–H groups in total. The highest BCUT2D eigenvalue weighted by molar-refractivity contribution is 7.99. The minimum atomic E-state index is -1.13. The Labute approximate surface area is 239 Å². The van der Waals surface area contributed by atoms with Crippen molar-refractivity contribution in [1.29, 1.82) is 0 Å². The van der Waals surface area contributed by atoms with Crippen molar-refractivity contribution in [2.45, 2.75) is 55.5 Å². The molecule has 2 aromatic heterocycles. The number of rotatable bonds is 8. The Hall–Kier alpha value is -2.78. The predicted molar refractivity (Wildman–Crippen MR) is 139 cm³/mol. The van der Waals surface area contributed by atoms with Gasteiger partial charge in [-0.15, -0.1) is 16.4 Å². The van der Waals surface area contributed by atoms with Gasteiger partial charge in [0.25, 0.3) is 0 Å². The highest BCUT2D eigenvalue weighted by Crippen LogP contribution is 2.42. The van der Waals surface area contributed by atoms with Crippen LogP contribution in [0.2, 0.25) is 10.0 Å². The largest absolute Gasteiger partial charge is 0.463 e.